The highest BCUT2D eigenvalue weighted by atomic mass is 16.5. The summed E-state index contributed by atoms with van der Waals surface area (Å²) < 4.78 is 11.0. The number of nitrogens with one attached hydrogen (secondary N) is 1. The maximum absolute atomic E-state index is 12.9. The van der Waals surface area contributed by atoms with Gasteiger partial charge in [0, 0.05) is 17.2 Å². The third-order valence-electron chi connectivity index (χ3n) is 5.93. The van der Waals surface area contributed by atoms with Crippen LogP contribution in [0.3, 0.4) is 0 Å². The second-order valence-corrected chi connectivity index (χ2v) is 8.95. The molecule has 1 heterocycles. The second kappa shape index (κ2) is 6.70. The van der Waals surface area contributed by atoms with Crippen LogP contribution >= 0.6 is 0 Å². The summed E-state index contributed by atoms with van der Waals surface area (Å²) >= 11 is 0. The molecule has 1 amide bonds. The van der Waals surface area contributed by atoms with Crippen LogP contribution in [0.4, 0.5) is 0 Å². The van der Waals surface area contributed by atoms with E-state index in [2.05, 4.69) is 37.3 Å². The number of aromatic nitrogens is 1. The van der Waals surface area contributed by atoms with E-state index < -0.39 is 0 Å². The third kappa shape index (κ3) is 3.47. The van der Waals surface area contributed by atoms with Gasteiger partial charge in [-0.15, -0.1) is 0 Å². The Kier molecular flexibility index (Phi) is 4.49. The molecule has 2 aliphatic rings. The van der Waals surface area contributed by atoms with E-state index in [0.29, 0.717) is 17.4 Å². The fourth-order valence-electron chi connectivity index (χ4n) is 5.01. The molecule has 2 atom stereocenters. The molecular formula is C22H28N2O3. The van der Waals surface area contributed by atoms with Crippen molar-refractivity contribution in [3.05, 3.63) is 35.0 Å². The highest BCUT2D eigenvalue weighted by Crippen LogP contribution is 2.39. The van der Waals surface area contributed by atoms with E-state index in [1.807, 2.05) is 12.1 Å². The van der Waals surface area contributed by atoms with Crippen molar-refractivity contribution in [3.8, 4) is 17.1 Å². The average Bonchev–Trinajstić information content (AvgIpc) is 3.04. The second-order valence-electron chi connectivity index (χ2n) is 8.95. The van der Waals surface area contributed by atoms with Crippen LogP contribution in [0.2, 0.25) is 0 Å². The van der Waals surface area contributed by atoms with Gasteiger partial charge in [0.25, 0.3) is 5.91 Å². The molecular weight excluding hydrogens is 340 g/mol. The molecule has 1 fully saturated rings. The van der Waals surface area contributed by atoms with Gasteiger partial charge in [0.2, 0.25) is 0 Å². The number of aryl methyl sites for hydroxylation is 1. The van der Waals surface area contributed by atoms with Gasteiger partial charge >= 0.3 is 0 Å². The first kappa shape index (κ1) is 18.1. The fourth-order valence-corrected chi connectivity index (χ4v) is 5.01. The van der Waals surface area contributed by atoms with Crippen LogP contribution in [0.15, 0.2) is 22.7 Å². The maximum Gasteiger partial charge on any atom is 0.273 e. The zero-order valence-electron chi connectivity index (χ0n) is 16.6. The molecule has 0 spiro atoms. The van der Waals surface area contributed by atoms with Crippen molar-refractivity contribution in [2.45, 2.75) is 58.9 Å². The molecule has 0 unspecified atom stereocenters. The molecule has 144 valence electrons. The van der Waals surface area contributed by atoms with Gasteiger partial charge < -0.3 is 14.6 Å². The largest absolute Gasteiger partial charge is 0.497 e. The molecule has 1 aromatic heterocycles. The lowest BCUT2D eigenvalue weighted by atomic mass is 9.70. The van der Waals surface area contributed by atoms with E-state index in [1.54, 1.807) is 7.11 Å². The molecule has 0 saturated heterocycles. The zero-order chi connectivity index (χ0) is 19.2. The summed E-state index contributed by atoms with van der Waals surface area (Å²) in [7, 11) is 1.65. The first-order valence-corrected chi connectivity index (χ1v) is 9.83. The molecule has 2 aromatic rings. The summed E-state index contributed by atoms with van der Waals surface area (Å²) in [5, 5.41) is 7.36. The summed E-state index contributed by atoms with van der Waals surface area (Å²) in [4.78, 5) is 12.9. The Labute approximate surface area is 160 Å². The molecule has 2 aliphatic carbocycles. The number of hydrogen-bond acceptors (Lipinski definition) is 4. The van der Waals surface area contributed by atoms with Crippen molar-refractivity contribution < 1.29 is 14.1 Å². The van der Waals surface area contributed by atoms with Crippen molar-refractivity contribution in [3.63, 3.8) is 0 Å². The molecule has 0 aliphatic heterocycles. The first-order chi connectivity index (χ1) is 12.9. The van der Waals surface area contributed by atoms with Gasteiger partial charge in [0.05, 0.1) is 7.11 Å². The van der Waals surface area contributed by atoms with Gasteiger partial charge in [-0.1, -0.05) is 32.0 Å². The van der Waals surface area contributed by atoms with Crippen LogP contribution in [0, 0.1) is 11.3 Å². The Hall–Kier alpha value is -2.30. The minimum atomic E-state index is -0.110. The molecule has 5 nitrogen and oxygen atoms in total. The summed E-state index contributed by atoms with van der Waals surface area (Å²) in [6.07, 6.45) is 4.88. The number of amides is 1. The number of methoxy groups -OCH3 is 1. The van der Waals surface area contributed by atoms with Crippen molar-refractivity contribution in [1.82, 2.24) is 10.5 Å². The Balaban J connectivity index is 1.58. The van der Waals surface area contributed by atoms with Crippen molar-refractivity contribution in [2.75, 3.05) is 7.11 Å². The Morgan fingerprint density at radius 1 is 1.30 bits per heavy atom. The van der Waals surface area contributed by atoms with Crippen LogP contribution in [-0.2, 0) is 12.8 Å². The van der Waals surface area contributed by atoms with Crippen molar-refractivity contribution in [1.29, 1.82) is 0 Å². The van der Waals surface area contributed by atoms with Crippen LogP contribution in [-0.4, -0.2) is 24.2 Å². The predicted octanol–water partition coefficient (Wildman–Crippen LogP) is 4.39. The topological polar surface area (TPSA) is 64.4 Å². The number of hydrogen-bond donors (Lipinski definition) is 1. The van der Waals surface area contributed by atoms with E-state index >= 15 is 0 Å². The molecule has 1 aromatic carbocycles. The average molecular weight is 368 g/mol. The summed E-state index contributed by atoms with van der Waals surface area (Å²) in [6, 6.07) is 6.18. The number of fused-ring (bicyclic) bond motifs is 3. The van der Waals surface area contributed by atoms with Crippen LogP contribution in [0.1, 0.15) is 61.6 Å². The normalized spacial score (nSPS) is 23.3. The van der Waals surface area contributed by atoms with E-state index in [1.165, 1.54) is 12.0 Å². The predicted molar refractivity (Wildman–Crippen MR) is 104 cm³/mol. The van der Waals surface area contributed by atoms with E-state index in [0.717, 1.165) is 42.6 Å². The van der Waals surface area contributed by atoms with Gasteiger partial charge in [-0.3, -0.25) is 4.79 Å². The Bertz CT molecular complexity index is 868. The molecule has 5 heteroatoms. The number of benzene rings is 1. The number of nitrogens with zero attached hydrogens (tertiary/aromatic N) is 1. The van der Waals surface area contributed by atoms with Gasteiger partial charge in [-0.2, -0.15) is 0 Å². The number of ether oxygens (including phenoxy) is 1. The minimum Gasteiger partial charge on any atom is -0.497 e. The highest BCUT2D eigenvalue weighted by Gasteiger charge is 2.34. The summed E-state index contributed by atoms with van der Waals surface area (Å²) in [5.74, 6) is 1.99. The Morgan fingerprint density at radius 3 is 2.85 bits per heavy atom. The van der Waals surface area contributed by atoms with Crippen molar-refractivity contribution in [2.24, 2.45) is 11.3 Å². The number of carbonyl (C=O) groups is 1. The molecule has 27 heavy (non-hydrogen) atoms. The SMILES string of the molecule is COc1ccc2c(c1)-c1onc(C(=O)N[C@H]3C[C@H](C)CC(C)(C)C3)c1CC2. The first-order valence-electron chi connectivity index (χ1n) is 9.83. The monoisotopic (exact) mass is 368 g/mol. The number of carbonyl (C=O) groups excluding carboxylic acids is 1. The molecule has 1 N–H and O–H groups in total. The van der Waals surface area contributed by atoms with Crippen LogP contribution in [0.5, 0.6) is 5.75 Å². The smallest absolute Gasteiger partial charge is 0.273 e. The lowest BCUT2D eigenvalue weighted by Crippen LogP contribution is -2.43. The van der Waals surface area contributed by atoms with E-state index in [-0.39, 0.29) is 17.4 Å². The van der Waals surface area contributed by atoms with Gasteiger partial charge in [0.15, 0.2) is 11.5 Å². The maximum atomic E-state index is 12.9. The van der Waals surface area contributed by atoms with Crippen molar-refractivity contribution >= 4 is 5.91 Å². The zero-order valence-corrected chi connectivity index (χ0v) is 16.6. The third-order valence-corrected chi connectivity index (χ3v) is 5.93. The molecule has 1 saturated carbocycles. The molecule has 4 rings (SSSR count). The fraction of sp³-hybridized carbons (Fsp3) is 0.545. The summed E-state index contributed by atoms with van der Waals surface area (Å²) in [5.41, 5.74) is 3.80. The van der Waals surface area contributed by atoms with Gasteiger partial charge in [-0.25, -0.2) is 0 Å². The molecule has 0 radical (unpaired) electrons. The lowest BCUT2D eigenvalue weighted by molar-refractivity contribution is 0.0864. The minimum absolute atomic E-state index is 0.110. The van der Waals surface area contributed by atoms with Gasteiger partial charge in [-0.05, 0) is 61.1 Å². The summed E-state index contributed by atoms with van der Waals surface area (Å²) in [6.45, 7) is 6.83. The highest BCUT2D eigenvalue weighted by molar-refractivity contribution is 5.95. The van der Waals surface area contributed by atoms with Crippen LogP contribution in [0.25, 0.3) is 11.3 Å². The van der Waals surface area contributed by atoms with Crippen LogP contribution < -0.4 is 10.1 Å². The van der Waals surface area contributed by atoms with Gasteiger partial charge in [0.1, 0.15) is 5.75 Å². The number of rotatable bonds is 3. The standard InChI is InChI=1S/C22H28N2O3/c1-13-9-15(12-22(2,3)11-13)23-21(25)19-17-8-6-14-5-7-16(26-4)10-18(14)20(17)27-24-19/h5,7,10,13,15H,6,8-9,11-12H2,1-4H3,(H,23,25)/t13-,15-/m0/s1. The quantitative estimate of drug-likeness (QED) is 0.872. The Morgan fingerprint density at radius 2 is 2.11 bits per heavy atom. The molecule has 0 bridgehead atoms. The van der Waals surface area contributed by atoms with E-state index in [4.69, 9.17) is 9.26 Å². The lowest BCUT2D eigenvalue weighted by Gasteiger charge is -2.39. The van der Waals surface area contributed by atoms with E-state index in [9.17, 15) is 4.79 Å².